The van der Waals surface area contributed by atoms with Gasteiger partial charge in [-0.2, -0.15) is 0 Å². The summed E-state index contributed by atoms with van der Waals surface area (Å²) in [5.41, 5.74) is 7.11. The fraction of sp³-hybridized carbons (Fsp3) is 0.300. The fourth-order valence-electron chi connectivity index (χ4n) is 3.17. The summed E-state index contributed by atoms with van der Waals surface area (Å²) in [6.45, 7) is 1.30. The van der Waals surface area contributed by atoms with E-state index in [-0.39, 0.29) is 5.91 Å². The van der Waals surface area contributed by atoms with Gasteiger partial charge in [0.05, 0.1) is 7.11 Å². The molecule has 2 amide bonds. The van der Waals surface area contributed by atoms with E-state index in [0.717, 1.165) is 16.9 Å². The smallest absolute Gasteiger partial charge is 0.252 e. The van der Waals surface area contributed by atoms with Crippen molar-refractivity contribution in [3.8, 4) is 16.9 Å². The van der Waals surface area contributed by atoms with E-state index in [4.69, 9.17) is 10.5 Å². The summed E-state index contributed by atoms with van der Waals surface area (Å²) in [6.07, 6.45) is 0.996. The molecule has 0 atom stereocenters. The van der Waals surface area contributed by atoms with Gasteiger partial charge in [0.2, 0.25) is 5.91 Å². The molecule has 0 saturated carbocycles. The number of hydrogen-bond acceptors (Lipinski definition) is 4. The minimum atomic E-state index is -0.975. The van der Waals surface area contributed by atoms with Crippen LogP contribution in [0.25, 0.3) is 11.1 Å². The predicted octanol–water partition coefficient (Wildman–Crippen LogP) is 1.70. The number of hydrogen-bond donors (Lipinski definition) is 3. The summed E-state index contributed by atoms with van der Waals surface area (Å²) < 4.78 is 5.16. The molecule has 4 N–H and O–H groups in total. The van der Waals surface area contributed by atoms with Crippen molar-refractivity contribution in [1.82, 2.24) is 10.6 Å². The molecule has 26 heavy (non-hydrogen) atoms. The molecule has 1 heterocycles. The van der Waals surface area contributed by atoms with Crippen LogP contribution in [-0.2, 0) is 4.79 Å². The first-order chi connectivity index (χ1) is 12.5. The van der Waals surface area contributed by atoms with Crippen LogP contribution in [-0.4, -0.2) is 37.6 Å². The van der Waals surface area contributed by atoms with Gasteiger partial charge in [-0.15, -0.1) is 0 Å². The first-order valence-electron chi connectivity index (χ1n) is 8.62. The number of nitrogens with one attached hydrogen (secondary N) is 2. The van der Waals surface area contributed by atoms with Crippen molar-refractivity contribution in [1.29, 1.82) is 0 Å². The molecule has 0 spiro atoms. The Hall–Kier alpha value is -2.86. The molecule has 0 aliphatic carbocycles. The van der Waals surface area contributed by atoms with Gasteiger partial charge in [0.25, 0.3) is 5.91 Å². The Morgan fingerprint density at radius 3 is 2.04 bits per heavy atom. The van der Waals surface area contributed by atoms with Crippen molar-refractivity contribution in [3.05, 3.63) is 54.1 Å². The molecule has 1 fully saturated rings. The van der Waals surface area contributed by atoms with Crippen LogP contribution >= 0.6 is 0 Å². The van der Waals surface area contributed by atoms with Gasteiger partial charge in [0.1, 0.15) is 11.3 Å². The molecule has 0 aromatic heterocycles. The molecule has 6 heteroatoms. The van der Waals surface area contributed by atoms with E-state index in [2.05, 4.69) is 10.6 Å². The first kappa shape index (κ1) is 17.9. The Labute approximate surface area is 152 Å². The van der Waals surface area contributed by atoms with Gasteiger partial charge in [-0.3, -0.25) is 9.59 Å². The normalized spacial score (nSPS) is 15.9. The van der Waals surface area contributed by atoms with Crippen molar-refractivity contribution in [2.24, 2.45) is 5.73 Å². The molecular weight excluding hydrogens is 330 g/mol. The number of ether oxygens (including phenoxy) is 1. The molecule has 6 nitrogen and oxygen atoms in total. The molecule has 0 bridgehead atoms. The van der Waals surface area contributed by atoms with Crippen LogP contribution in [0.4, 0.5) is 0 Å². The average molecular weight is 353 g/mol. The minimum absolute atomic E-state index is 0.285. The fourth-order valence-corrected chi connectivity index (χ4v) is 3.17. The molecule has 3 rings (SSSR count). The Kier molecular flexibility index (Phi) is 5.23. The quantitative estimate of drug-likeness (QED) is 0.763. The number of piperidine rings is 1. The second-order valence-corrected chi connectivity index (χ2v) is 6.46. The summed E-state index contributed by atoms with van der Waals surface area (Å²) in [4.78, 5) is 24.5. The van der Waals surface area contributed by atoms with E-state index >= 15 is 0 Å². The monoisotopic (exact) mass is 353 g/mol. The highest BCUT2D eigenvalue weighted by atomic mass is 16.5. The summed E-state index contributed by atoms with van der Waals surface area (Å²) in [7, 11) is 1.63. The first-order valence-corrected chi connectivity index (χ1v) is 8.62. The Morgan fingerprint density at radius 1 is 1.00 bits per heavy atom. The van der Waals surface area contributed by atoms with Crippen LogP contribution in [0.3, 0.4) is 0 Å². The minimum Gasteiger partial charge on any atom is -0.497 e. The highest BCUT2D eigenvalue weighted by Crippen LogP contribution is 2.23. The third-order valence-corrected chi connectivity index (χ3v) is 4.85. The third kappa shape index (κ3) is 3.70. The number of amides is 2. The number of carbonyl (C=O) groups is 2. The van der Waals surface area contributed by atoms with Gasteiger partial charge < -0.3 is 21.1 Å². The lowest BCUT2D eigenvalue weighted by molar-refractivity contribution is -0.125. The van der Waals surface area contributed by atoms with Crippen LogP contribution in [0.2, 0.25) is 0 Å². The summed E-state index contributed by atoms with van der Waals surface area (Å²) in [5, 5.41) is 6.03. The van der Waals surface area contributed by atoms with Crippen LogP contribution in [0.15, 0.2) is 48.5 Å². The molecule has 0 unspecified atom stereocenters. The number of carbonyl (C=O) groups excluding carboxylic acids is 2. The zero-order chi connectivity index (χ0) is 18.6. The van der Waals surface area contributed by atoms with Crippen molar-refractivity contribution in [3.63, 3.8) is 0 Å². The molecule has 2 aromatic rings. The van der Waals surface area contributed by atoms with Gasteiger partial charge in [-0.25, -0.2) is 0 Å². The average Bonchev–Trinajstić information content (AvgIpc) is 2.69. The van der Waals surface area contributed by atoms with Crippen LogP contribution in [0, 0.1) is 0 Å². The van der Waals surface area contributed by atoms with E-state index in [1.165, 1.54) is 0 Å². The maximum absolute atomic E-state index is 12.6. The van der Waals surface area contributed by atoms with Crippen molar-refractivity contribution in [2.45, 2.75) is 18.4 Å². The zero-order valence-corrected chi connectivity index (χ0v) is 14.7. The summed E-state index contributed by atoms with van der Waals surface area (Å²) >= 11 is 0. The zero-order valence-electron chi connectivity index (χ0n) is 14.7. The lowest BCUT2D eigenvalue weighted by Crippen LogP contribution is -2.61. The standard InChI is InChI=1S/C20H23N3O3/c1-26-17-8-6-15(7-9-17)14-2-4-16(5-3-14)18(24)23-20(19(21)25)10-12-22-13-11-20/h2-9,22H,10-13H2,1H3,(H2,21,25)(H,23,24). The van der Waals surface area contributed by atoms with E-state index in [1.54, 1.807) is 19.2 Å². The van der Waals surface area contributed by atoms with Crippen LogP contribution in [0.1, 0.15) is 23.2 Å². The number of nitrogens with two attached hydrogens (primary N) is 1. The van der Waals surface area contributed by atoms with Crippen LogP contribution in [0.5, 0.6) is 5.75 Å². The van der Waals surface area contributed by atoms with Gasteiger partial charge in [0.15, 0.2) is 0 Å². The Bertz CT molecular complexity index is 779. The lowest BCUT2D eigenvalue weighted by atomic mass is 9.87. The highest BCUT2D eigenvalue weighted by Gasteiger charge is 2.39. The molecule has 136 valence electrons. The topological polar surface area (TPSA) is 93.4 Å². The Morgan fingerprint density at radius 2 is 1.54 bits per heavy atom. The van der Waals surface area contributed by atoms with Crippen molar-refractivity contribution >= 4 is 11.8 Å². The number of methoxy groups -OCH3 is 1. The highest BCUT2D eigenvalue weighted by molar-refractivity contribution is 5.99. The van der Waals surface area contributed by atoms with Crippen LogP contribution < -0.4 is 21.1 Å². The summed E-state index contributed by atoms with van der Waals surface area (Å²) in [6, 6.07) is 15.0. The number of benzene rings is 2. The number of primary amides is 1. The second kappa shape index (κ2) is 7.58. The molecule has 1 aliphatic rings. The molecule has 0 radical (unpaired) electrons. The van der Waals surface area contributed by atoms with Gasteiger partial charge in [-0.1, -0.05) is 24.3 Å². The van der Waals surface area contributed by atoms with E-state index in [9.17, 15) is 9.59 Å². The molecule has 1 aliphatic heterocycles. The van der Waals surface area contributed by atoms with Gasteiger partial charge in [-0.05, 0) is 61.3 Å². The second-order valence-electron chi connectivity index (χ2n) is 6.46. The molecule has 2 aromatic carbocycles. The number of rotatable bonds is 5. The summed E-state index contributed by atoms with van der Waals surface area (Å²) in [5.74, 6) is 0.0256. The largest absolute Gasteiger partial charge is 0.497 e. The van der Waals surface area contributed by atoms with E-state index in [1.807, 2.05) is 36.4 Å². The SMILES string of the molecule is COc1ccc(-c2ccc(C(=O)NC3(C(N)=O)CCNCC3)cc2)cc1. The maximum Gasteiger partial charge on any atom is 0.252 e. The van der Waals surface area contributed by atoms with E-state index in [0.29, 0.717) is 31.5 Å². The lowest BCUT2D eigenvalue weighted by Gasteiger charge is -2.35. The Balaban J connectivity index is 1.74. The van der Waals surface area contributed by atoms with Crippen molar-refractivity contribution in [2.75, 3.05) is 20.2 Å². The van der Waals surface area contributed by atoms with E-state index < -0.39 is 11.4 Å². The maximum atomic E-state index is 12.6. The third-order valence-electron chi connectivity index (χ3n) is 4.85. The molecular formula is C20H23N3O3. The van der Waals surface area contributed by atoms with Crippen molar-refractivity contribution < 1.29 is 14.3 Å². The van der Waals surface area contributed by atoms with Gasteiger partial charge >= 0.3 is 0 Å². The van der Waals surface area contributed by atoms with Gasteiger partial charge in [0, 0.05) is 5.56 Å². The molecule has 1 saturated heterocycles. The predicted molar refractivity (Wildman–Crippen MR) is 99.9 cm³/mol.